The van der Waals surface area contributed by atoms with E-state index in [1.54, 1.807) is 0 Å². The molecule has 1 aromatic heterocycles. The normalized spacial score (nSPS) is 20.2. The largest absolute Gasteiger partial charge is 0.488 e. The summed E-state index contributed by atoms with van der Waals surface area (Å²) in [6, 6.07) is 25.2. The second kappa shape index (κ2) is 6.75. The number of hydrogen-bond acceptors (Lipinski definition) is 2. The van der Waals surface area contributed by atoms with Crippen LogP contribution in [0.2, 0.25) is 0 Å². The number of aromatic nitrogens is 1. The van der Waals surface area contributed by atoms with Crippen molar-refractivity contribution in [2.75, 3.05) is 0 Å². The van der Waals surface area contributed by atoms with Gasteiger partial charge in [-0.1, -0.05) is 42.8 Å². The quantitative estimate of drug-likeness (QED) is 0.528. The monoisotopic (exact) mass is 357 g/mol. The molecule has 1 fully saturated rings. The van der Waals surface area contributed by atoms with Crippen molar-refractivity contribution in [2.24, 2.45) is 0 Å². The van der Waals surface area contributed by atoms with Crippen LogP contribution in [0.25, 0.3) is 27.5 Å². The number of benzene rings is 3. The summed E-state index contributed by atoms with van der Waals surface area (Å²) in [4.78, 5) is 0. The van der Waals surface area contributed by atoms with Gasteiger partial charge in [-0.05, 0) is 55.7 Å². The second-order valence-electron chi connectivity index (χ2n) is 7.38. The number of rotatable bonds is 3. The lowest BCUT2D eigenvalue weighted by Crippen LogP contribution is -2.34. The van der Waals surface area contributed by atoms with E-state index in [9.17, 15) is 5.11 Å². The van der Waals surface area contributed by atoms with Gasteiger partial charge in [0, 0.05) is 16.5 Å². The molecule has 3 nitrogen and oxygen atoms in total. The summed E-state index contributed by atoms with van der Waals surface area (Å²) in [6.07, 6.45) is 3.51. The molecule has 5 rings (SSSR count). The maximum Gasteiger partial charge on any atom is 0.124 e. The van der Waals surface area contributed by atoms with E-state index in [0.717, 1.165) is 37.1 Å². The summed E-state index contributed by atoms with van der Waals surface area (Å²) in [7, 11) is 0. The van der Waals surface area contributed by atoms with Crippen molar-refractivity contribution in [1.82, 2.24) is 4.57 Å². The van der Waals surface area contributed by atoms with E-state index < -0.39 is 0 Å². The average Bonchev–Trinajstić information content (AvgIpc) is 3.04. The fraction of sp³-hybridized carbons (Fsp3) is 0.250. The van der Waals surface area contributed by atoms with Crippen molar-refractivity contribution in [1.29, 1.82) is 0 Å². The van der Waals surface area contributed by atoms with Crippen molar-refractivity contribution in [3.05, 3.63) is 72.8 Å². The van der Waals surface area contributed by atoms with Crippen LogP contribution in [0, 0.1) is 0 Å². The highest BCUT2D eigenvalue weighted by atomic mass is 16.5. The molecule has 0 aliphatic heterocycles. The number of aliphatic hydroxyl groups excluding tert-OH is 1. The van der Waals surface area contributed by atoms with Gasteiger partial charge < -0.3 is 14.4 Å². The molecule has 0 radical (unpaired) electrons. The first kappa shape index (κ1) is 16.4. The summed E-state index contributed by atoms with van der Waals surface area (Å²) in [6.45, 7) is 0. The summed E-state index contributed by atoms with van der Waals surface area (Å²) in [5, 5.41) is 12.6. The molecule has 0 unspecified atom stereocenters. The number of para-hydroxylation sites is 2. The van der Waals surface area contributed by atoms with Gasteiger partial charge in [-0.3, -0.25) is 0 Å². The zero-order valence-electron chi connectivity index (χ0n) is 15.2. The summed E-state index contributed by atoms with van der Waals surface area (Å²) in [5.41, 5.74) is 3.51. The molecule has 1 saturated carbocycles. The molecule has 0 amide bonds. The molecular formula is C24H23NO2. The van der Waals surface area contributed by atoms with Crippen LogP contribution in [0.3, 0.4) is 0 Å². The molecule has 0 spiro atoms. The van der Waals surface area contributed by atoms with Gasteiger partial charge in [-0.25, -0.2) is 0 Å². The summed E-state index contributed by atoms with van der Waals surface area (Å²) >= 11 is 0. The Kier molecular flexibility index (Phi) is 4.10. The summed E-state index contributed by atoms with van der Waals surface area (Å²) in [5.74, 6) is 0.837. The number of ether oxygens (including phenoxy) is 1. The Morgan fingerprint density at radius 2 is 1.52 bits per heavy atom. The van der Waals surface area contributed by atoms with E-state index in [2.05, 4.69) is 65.2 Å². The number of fused-ring (bicyclic) bond motifs is 3. The highest BCUT2D eigenvalue weighted by Crippen LogP contribution is 2.35. The fourth-order valence-corrected chi connectivity index (χ4v) is 4.27. The van der Waals surface area contributed by atoms with Crippen molar-refractivity contribution < 1.29 is 9.84 Å². The minimum absolute atomic E-state index is 0.0985. The number of aliphatic hydroxyl groups is 1. The van der Waals surface area contributed by atoms with Gasteiger partial charge >= 0.3 is 0 Å². The van der Waals surface area contributed by atoms with Crippen LogP contribution in [0.5, 0.6) is 5.75 Å². The minimum Gasteiger partial charge on any atom is -0.488 e. The number of hydrogen-bond donors (Lipinski definition) is 1. The zero-order valence-corrected chi connectivity index (χ0v) is 15.2. The third kappa shape index (κ3) is 2.88. The van der Waals surface area contributed by atoms with Gasteiger partial charge in [0.2, 0.25) is 0 Å². The van der Waals surface area contributed by atoms with E-state index >= 15 is 0 Å². The Bertz CT molecular complexity index is 1080. The Morgan fingerprint density at radius 1 is 0.778 bits per heavy atom. The lowest BCUT2D eigenvalue weighted by atomic mass is 9.95. The van der Waals surface area contributed by atoms with Crippen molar-refractivity contribution in [3.8, 4) is 11.4 Å². The van der Waals surface area contributed by atoms with Crippen LogP contribution in [0.4, 0.5) is 0 Å². The maximum absolute atomic E-state index is 10.2. The van der Waals surface area contributed by atoms with Gasteiger partial charge in [0.05, 0.1) is 17.1 Å². The summed E-state index contributed by atoms with van der Waals surface area (Å²) < 4.78 is 8.48. The van der Waals surface area contributed by atoms with E-state index in [1.165, 1.54) is 21.8 Å². The molecule has 2 atom stereocenters. The van der Waals surface area contributed by atoms with E-state index in [0.29, 0.717) is 0 Å². The van der Waals surface area contributed by atoms with Crippen LogP contribution in [-0.4, -0.2) is 21.9 Å². The van der Waals surface area contributed by atoms with E-state index in [1.807, 2.05) is 12.1 Å². The van der Waals surface area contributed by atoms with Crippen LogP contribution in [0.15, 0.2) is 72.8 Å². The standard InChI is InChI=1S/C24H23NO2/c26-23-12-6-7-13-24(23)27-18-14-15-22-20(16-18)19-10-4-5-11-21(19)25(22)17-8-2-1-3-9-17/h1-5,8-11,14-16,23-24,26H,6-7,12-13H2/t23-,24-/m1/s1. The minimum atomic E-state index is -0.361. The first-order chi connectivity index (χ1) is 13.3. The lowest BCUT2D eigenvalue weighted by molar-refractivity contribution is 0.00695. The van der Waals surface area contributed by atoms with Crippen LogP contribution >= 0.6 is 0 Å². The third-order valence-electron chi connectivity index (χ3n) is 5.61. The predicted molar refractivity (Wildman–Crippen MR) is 110 cm³/mol. The van der Waals surface area contributed by atoms with Gasteiger partial charge in [0.25, 0.3) is 0 Å². The maximum atomic E-state index is 10.2. The van der Waals surface area contributed by atoms with Crippen LogP contribution in [0.1, 0.15) is 25.7 Å². The highest BCUT2D eigenvalue weighted by Gasteiger charge is 2.25. The van der Waals surface area contributed by atoms with Crippen molar-refractivity contribution in [3.63, 3.8) is 0 Å². The van der Waals surface area contributed by atoms with Crippen molar-refractivity contribution >= 4 is 21.8 Å². The molecule has 1 aliphatic rings. The molecule has 1 N–H and O–H groups in total. The second-order valence-corrected chi connectivity index (χ2v) is 7.38. The first-order valence-corrected chi connectivity index (χ1v) is 9.74. The van der Waals surface area contributed by atoms with Crippen LogP contribution < -0.4 is 4.74 Å². The molecule has 1 aliphatic carbocycles. The van der Waals surface area contributed by atoms with Gasteiger partial charge in [0.1, 0.15) is 11.9 Å². The molecule has 0 bridgehead atoms. The number of nitrogens with zero attached hydrogens (tertiary/aromatic N) is 1. The molecule has 4 aromatic rings. The Morgan fingerprint density at radius 3 is 2.37 bits per heavy atom. The van der Waals surface area contributed by atoms with Crippen molar-refractivity contribution in [2.45, 2.75) is 37.9 Å². The van der Waals surface area contributed by atoms with Gasteiger partial charge in [-0.2, -0.15) is 0 Å². The highest BCUT2D eigenvalue weighted by molar-refractivity contribution is 6.09. The van der Waals surface area contributed by atoms with E-state index in [4.69, 9.17) is 4.74 Å². The first-order valence-electron chi connectivity index (χ1n) is 9.74. The van der Waals surface area contributed by atoms with Crippen LogP contribution in [-0.2, 0) is 0 Å². The lowest BCUT2D eigenvalue weighted by Gasteiger charge is -2.28. The van der Waals surface area contributed by atoms with E-state index in [-0.39, 0.29) is 12.2 Å². The topological polar surface area (TPSA) is 34.4 Å². The zero-order chi connectivity index (χ0) is 18.2. The molecule has 0 saturated heterocycles. The predicted octanol–water partition coefficient (Wildman–Crippen LogP) is 5.47. The molecule has 3 heteroatoms. The Labute approximate surface area is 158 Å². The molecular weight excluding hydrogens is 334 g/mol. The molecule has 27 heavy (non-hydrogen) atoms. The molecule has 1 heterocycles. The molecule has 3 aromatic carbocycles. The third-order valence-corrected chi connectivity index (χ3v) is 5.61. The Balaban J connectivity index is 1.64. The van der Waals surface area contributed by atoms with Gasteiger partial charge in [0.15, 0.2) is 0 Å². The molecule has 136 valence electrons. The Hall–Kier alpha value is -2.78. The fourth-order valence-electron chi connectivity index (χ4n) is 4.27. The smallest absolute Gasteiger partial charge is 0.124 e. The van der Waals surface area contributed by atoms with Gasteiger partial charge in [-0.15, -0.1) is 0 Å². The SMILES string of the molecule is O[C@@H]1CCCC[C@H]1Oc1ccc2c(c1)c1ccccc1n2-c1ccccc1. The average molecular weight is 357 g/mol.